The van der Waals surface area contributed by atoms with Gasteiger partial charge in [0.15, 0.2) is 0 Å². The zero-order valence-corrected chi connectivity index (χ0v) is 13.6. The number of halogens is 2. The molecule has 3 rings (SSSR count). The Bertz CT molecular complexity index is 923. The van der Waals surface area contributed by atoms with E-state index >= 15 is 0 Å². The summed E-state index contributed by atoms with van der Waals surface area (Å²) in [5.74, 6) is -2.29. The summed E-state index contributed by atoms with van der Waals surface area (Å²) in [4.78, 5) is 25.1. The smallest absolute Gasteiger partial charge is 0.267 e. The van der Waals surface area contributed by atoms with Gasteiger partial charge in [-0.25, -0.2) is 8.78 Å². The van der Waals surface area contributed by atoms with Gasteiger partial charge in [-0.15, -0.1) is 11.3 Å². The van der Waals surface area contributed by atoms with Crippen LogP contribution in [0.5, 0.6) is 0 Å². The summed E-state index contributed by atoms with van der Waals surface area (Å²) in [7, 11) is 0. The molecule has 0 saturated heterocycles. The number of carbonyl (C=O) groups is 2. The minimum Gasteiger partial charge on any atom is -0.267 e. The quantitative estimate of drug-likeness (QED) is 0.700. The Morgan fingerprint density at radius 3 is 2.20 bits per heavy atom. The Hall–Kier alpha value is -3.06. The monoisotopic (exact) mass is 358 g/mol. The predicted molar refractivity (Wildman–Crippen MR) is 91.0 cm³/mol. The fourth-order valence-corrected chi connectivity index (χ4v) is 3.02. The lowest BCUT2D eigenvalue weighted by Gasteiger charge is -2.06. The lowest BCUT2D eigenvalue weighted by Crippen LogP contribution is -2.41. The molecule has 2 amide bonds. The minimum absolute atomic E-state index is 0.166. The minimum atomic E-state index is -0.748. The third-order valence-electron chi connectivity index (χ3n) is 3.37. The summed E-state index contributed by atoms with van der Waals surface area (Å²) in [5, 5.41) is 0. The first-order chi connectivity index (χ1) is 12.0. The van der Waals surface area contributed by atoms with Gasteiger partial charge in [0.2, 0.25) is 0 Å². The Kier molecular flexibility index (Phi) is 4.85. The molecule has 1 aromatic heterocycles. The fourth-order valence-electron chi connectivity index (χ4n) is 2.12. The molecule has 25 heavy (non-hydrogen) atoms. The molecule has 0 radical (unpaired) electrons. The maximum atomic E-state index is 13.5. The zero-order valence-electron chi connectivity index (χ0n) is 12.8. The molecule has 7 heteroatoms. The number of nitrogens with one attached hydrogen (secondary N) is 2. The van der Waals surface area contributed by atoms with Crippen LogP contribution in [0.3, 0.4) is 0 Å². The third kappa shape index (κ3) is 3.89. The normalized spacial score (nSPS) is 10.3. The molecular formula is C18H12F2N2O2S. The number of benzene rings is 2. The van der Waals surface area contributed by atoms with E-state index < -0.39 is 17.6 Å². The molecule has 0 saturated carbocycles. The molecule has 0 fully saturated rings. The highest BCUT2D eigenvalue weighted by Crippen LogP contribution is 2.28. The second kappa shape index (κ2) is 7.23. The number of hydrazine groups is 1. The highest BCUT2D eigenvalue weighted by Gasteiger charge is 2.14. The van der Waals surface area contributed by atoms with Gasteiger partial charge in [-0.3, -0.25) is 20.4 Å². The molecule has 0 aliphatic heterocycles. The van der Waals surface area contributed by atoms with Crippen LogP contribution in [0, 0.1) is 11.6 Å². The highest BCUT2D eigenvalue weighted by molar-refractivity contribution is 7.17. The lowest BCUT2D eigenvalue weighted by molar-refractivity contribution is 0.0846. The van der Waals surface area contributed by atoms with Gasteiger partial charge in [-0.1, -0.05) is 24.3 Å². The van der Waals surface area contributed by atoms with Crippen molar-refractivity contribution in [2.45, 2.75) is 0 Å². The maximum Gasteiger partial charge on any atom is 0.279 e. The van der Waals surface area contributed by atoms with Crippen LogP contribution in [0.15, 0.2) is 60.7 Å². The van der Waals surface area contributed by atoms with E-state index in [4.69, 9.17) is 0 Å². The number of carbonyl (C=O) groups excluding carboxylic acids is 2. The van der Waals surface area contributed by atoms with Crippen molar-refractivity contribution in [3.63, 3.8) is 0 Å². The van der Waals surface area contributed by atoms with Crippen molar-refractivity contribution in [2.24, 2.45) is 0 Å². The van der Waals surface area contributed by atoms with Crippen LogP contribution in [0.2, 0.25) is 0 Å². The van der Waals surface area contributed by atoms with E-state index in [0.717, 1.165) is 16.5 Å². The van der Waals surface area contributed by atoms with Gasteiger partial charge >= 0.3 is 0 Å². The topological polar surface area (TPSA) is 58.2 Å². The molecule has 0 atom stereocenters. The Morgan fingerprint density at radius 2 is 1.48 bits per heavy atom. The van der Waals surface area contributed by atoms with Crippen molar-refractivity contribution < 1.29 is 18.4 Å². The first kappa shape index (κ1) is 16.8. The van der Waals surface area contributed by atoms with Gasteiger partial charge in [0.05, 0.1) is 10.4 Å². The number of rotatable bonds is 3. The number of hydrogen-bond acceptors (Lipinski definition) is 3. The van der Waals surface area contributed by atoms with Crippen LogP contribution >= 0.6 is 11.3 Å². The summed E-state index contributed by atoms with van der Waals surface area (Å²) >= 11 is 1.19. The third-order valence-corrected chi connectivity index (χ3v) is 4.50. The molecule has 0 bridgehead atoms. The van der Waals surface area contributed by atoms with Gasteiger partial charge in [-0.05, 0) is 42.0 Å². The number of thiophene rings is 1. The Morgan fingerprint density at radius 1 is 0.800 bits per heavy atom. The molecule has 4 nitrogen and oxygen atoms in total. The van der Waals surface area contributed by atoms with Crippen molar-refractivity contribution >= 4 is 23.2 Å². The van der Waals surface area contributed by atoms with E-state index in [1.807, 2.05) is 0 Å². The molecule has 0 aliphatic rings. The van der Waals surface area contributed by atoms with E-state index in [0.29, 0.717) is 4.88 Å². The van der Waals surface area contributed by atoms with Crippen molar-refractivity contribution in [3.8, 4) is 10.4 Å². The highest BCUT2D eigenvalue weighted by atomic mass is 32.1. The van der Waals surface area contributed by atoms with Crippen LogP contribution in [-0.2, 0) is 0 Å². The molecule has 126 valence electrons. The van der Waals surface area contributed by atoms with Crippen molar-refractivity contribution in [1.82, 2.24) is 10.9 Å². The SMILES string of the molecule is O=C(NNC(=O)c1ccccc1F)c1ccc(-c2ccc(F)cc2)s1. The number of amides is 2. The second-order valence-electron chi connectivity index (χ2n) is 5.06. The van der Waals surface area contributed by atoms with Crippen LogP contribution in [0.25, 0.3) is 10.4 Å². The van der Waals surface area contributed by atoms with Crippen molar-refractivity contribution in [3.05, 3.63) is 82.7 Å². The zero-order chi connectivity index (χ0) is 17.8. The van der Waals surface area contributed by atoms with Crippen molar-refractivity contribution in [2.75, 3.05) is 0 Å². The molecule has 3 aromatic rings. The average Bonchev–Trinajstić information content (AvgIpc) is 3.10. The Labute approximate surface area is 146 Å². The summed E-state index contributed by atoms with van der Waals surface area (Å²) < 4.78 is 26.5. The molecule has 2 N–H and O–H groups in total. The maximum absolute atomic E-state index is 13.5. The molecule has 0 unspecified atom stereocenters. The molecule has 0 spiro atoms. The van der Waals surface area contributed by atoms with Crippen molar-refractivity contribution in [1.29, 1.82) is 0 Å². The predicted octanol–water partition coefficient (Wildman–Crippen LogP) is 3.77. The molecule has 2 aromatic carbocycles. The first-order valence-electron chi connectivity index (χ1n) is 7.25. The van der Waals surface area contributed by atoms with Gasteiger partial charge in [0, 0.05) is 4.88 Å². The summed E-state index contributed by atoms with van der Waals surface area (Å²) in [6.45, 7) is 0. The van der Waals surface area contributed by atoms with Gasteiger partial charge in [0.25, 0.3) is 11.8 Å². The van der Waals surface area contributed by atoms with E-state index in [1.54, 1.807) is 24.3 Å². The summed E-state index contributed by atoms with van der Waals surface area (Å²) in [6, 6.07) is 14.7. The molecule has 1 heterocycles. The lowest BCUT2D eigenvalue weighted by atomic mass is 10.2. The molecule has 0 aliphatic carbocycles. The number of hydrogen-bond donors (Lipinski definition) is 2. The Balaban J connectivity index is 1.65. The van der Waals surface area contributed by atoms with Crippen LogP contribution in [-0.4, -0.2) is 11.8 Å². The fraction of sp³-hybridized carbons (Fsp3) is 0. The van der Waals surface area contributed by atoms with Gasteiger partial charge < -0.3 is 0 Å². The summed E-state index contributed by atoms with van der Waals surface area (Å²) in [6.07, 6.45) is 0. The largest absolute Gasteiger partial charge is 0.279 e. The standard InChI is InChI=1S/C18H12F2N2O2S/c19-12-7-5-11(6-8-12)15-9-10-16(25-15)18(24)22-21-17(23)13-3-1-2-4-14(13)20/h1-10H,(H,21,23)(H,22,24). The first-order valence-corrected chi connectivity index (χ1v) is 8.07. The van der Waals surface area contributed by atoms with E-state index in [2.05, 4.69) is 10.9 Å². The molecular weight excluding hydrogens is 346 g/mol. The van der Waals surface area contributed by atoms with E-state index in [1.165, 1.54) is 41.7 Å². The van der Waals surface area contributed by atoms with Gasteiger partial charge in [-0.2, -0.15) is 0 Å². The van der Waals surface area contributed by atoms with Gasteiger partial charge in [0.1, 0.15) is 11.6 Å². The van der Waals surface area contributed by atoms with E-state index in [9.17, 15) is 18.4 Å². The van der Waals surface area contributed by atoms with Crippen LogP contribution in [0.4, 0.5) is 8.78 Å². The van der Waals surface area contributed by atoms with E-state index in [-0.39, 0.29) is 11.4 Å². The summed E-state index contributed by atoms with van der Waals surface area (Å²) in [5.41, 5.74) is 5.03. The van der Waals surface area contributed by atoms with Crippen LogP contribution < -0.4 is 10.9 Å². The average molecular weight is 358 g/mol. The second-order valence-corrected chi connectivity index (χ2v) is 6.14. The van der Waals surface area contributed by atoms with Crippen LogP contribution in [0.1, 0.15) is 20.0 Å².